The van der Waals surface area contributed by atoms with Crippen LogP contribution in [0.1, 0.15) is 48.2 Å². The van der Waals surface area contributed by atoms with Crippen LogP contribution >= 0.6 is 0 Å². The van der Waals surface area contributed by atoms with Gasteiger partial charge in [-0.25, -0.2) is 4.79 Å². The van der Waals surface area contributed by atoms with Crippen molar-refractivity contribution in [2.24, 2.45) is 5.92 Å². The molecule has 0 bridgehead atoms. The van der Waals surface area contributed by atoms with Crippen LogP contribution in [-0.4, -0.2) is 24.7 Å². The molecule has 1 aromatic rings. The van der Waals surface area contributed by atoms with Gasteiger partial charge < -0.3 is 10.1 Å². The standard InChI is InChI=1S/C17H25NO2/c1-12-5-6-13(2)15(11-12)16(19)20-17(3,4)14-7-9-18-10-8-14/h5-6,11,14,18H,7-10H2,1-4H3. The first-order valence-corrected chi connectivity index (χ1v) is 7.41. The van der Waals surface area contributed by atoms with Crippen molar-refractivity contribution >= 4 is 5.97 Å². The summed E-state index contributed by atoms with van der Waals surface area (Å²) in [7, 11) is 0. The van der Waals surface area contributed by atoms with E-state index in [0.717, 1.165) is 37.1 Å². The van der Waals surface area contributed by atoms with Crippen LogP contribution in [-0.2, 0) is 4.74 Å². The summed E-state index contributed by atoms with van der Waals surface area (Å²) in [5, 5.41) is 3.35. The number of benzene rings is 1. The minimum atomic E-state index is -0.407. The van der Waals surface area contributed by atoms with Crippen molar-refractivity contribution in [1.29, 1.82) is 0 Å². The third-order valence-corrected chi connectivity index (χ3v) is 4.29. The highest BCUT2D eigenvalue weighted by Gasteiger charge is 2.34. The van der Waals surface area contributed by atoms with Crippen LogP contribution in [0, 0.1) is 19.8 Å². The van der Waals surface area contributed by atoms with E-state index < -0.39 is 5.60 Å². The molecule has 20 heavy (non-hydrogen) atoms. The molecule has 0 spiro atoms. The number of aryl methyl sites for hydroxylation is 2. The van der Waals surface area contributed by atoms with Gasteiger partial charge in [-0.2, -0.15) is 0 Å². The summed E-state index contributed by atoms with van der Waals surface area (Å²) in [5.74, 6) is 0.229. The molecule has 0 radical (unpaired) electrons. The summed E-state index contributed by atoms with van der Waals surface area (Å²) in [6.07, 6.45) is 2.13. The molecule has 1 saturated heterocycles. The Morgan fingerprint density at radius 3 is 2.55 bits per heavy atom. The number of carbonyl (C=O) groups is 1. The molecule has 1 heterocycles. The molecular weight excluding hydrogens is 250 g/mol. The maximum Gasteiger partial charge on any atom is 0.338 e. The molecule has 1 fully saturated rings. The molecule has 2 rings (SSSR count). The van der Waals surface area contributed by atoms with Gasteiger partial charge in [0.15, 0.2) is 0 Å². The number of nitrogens with one attached hydrogen (secondary N) is 1. The Labute approximate surface area is 121 Å². The Morgan fingerprint density at radius 1 is 1.25 bits per heavy atom. The van der Waals surface area contributed by atoms with Crippen molar-refractivity contribution in [3.8, 4) is 0 Å². The van der Waals surface area contributed by atoms with Gasteiger partial charge in [-0.05, 0) is 65.3 Å². The van der Waals surface area contributed by atoms with E-state index in [1.165, 1.54) is 0 Å². The van der Waals surface area contributed by atoms with Gasteiger partial charge in [-0.15, -0.1) is 0 Å². The molecular formula is C17H25NO2. The molecule has 0 atom stereocenters. The largest absolute Gasteiger partial charge is 0.456 e. The summed E-state index contributed by atoms with van der Waals surface area (Å²) in [6.45, 7) is 10.0. The molecule has 0 unspecified atom stereocenters. The first kappa shape index (κ1) is 15.0. The van der Waals surface area contributed by atoms with Crippen LogP contribution in [0.2, 0.25) is 0 Å². The van der Waals surface area contributed by atoms with Gasteiger partial charge in [0.2, 0.25) is 0 Å². The van der Waals surface area contributed by atoms with Gasteiger partial charge in [-0.1, -0.05) is 17.7 Å². The molecule has 1 aromatic carbocycles. The molecule has 1 aliphatic rings. The molecule has 1 N–H and O–H groups in total. The average Bonchev–Trinajstić information content (AvgIpc) is 2.42. The Hall–Kier alpha value is -1.35. The Kier molecular flexibility index (Phi) is 4.48. The highest BCUT2D eigenvalue weighted by molar-refractivity contribution is 5.91. The van der Waals surface area contributed by atoms with E-state index in [2.05, 4.69) is 5.32 Å². The summed E-state index contributed by atoms with van der Waals surface area (Å²) in [6, 6.07) is 5.91. The SMILES string of the molecule is Cc1ccc(C)c(C(=O)OC(C)(C)C2CCNCC2)c1. The normalized spacial score (nSPS) is 17.0. The summed E-state index contributed by atoms with van der Waals surface area (Å²) >= 11 is 0. The third-order valence-electron chi connectivity index (χ3n) is 4.29. The highest BCUT2D eigenvalue weighted by Crippen LogP contribution is 2.30. The Bertz CT molecular complexity index is 488. The second kappa shape index (κ2) is 5.96. The molecule has 1 aliphatic heterocycles. The van der Waals surface area contributed by atoms with Gasteiger partial charge >= 0.3 is 5.97 Å². The van der Waals surface area contributed by atoms with E-state index in [1.54, 1.807) is 0 Å². The number of piperidine rings is 1. The van der Waals surface area contributed by atoms with Gasteiger partial charge in [-0.3, -0.25) is 0 Å². The monoisotopic (exact) mass is 275 g/mol. The lowest BCUT2D eigenvalue weighted by molar-refractivity contribution is -0.0368. The van der Waals surface area contributed by atoms with Crippen LogP contribution < -0.4 is 5.32 Å². The van der Waals surface area contributed by atoms with Crippen LogP contribution in [0.5, 0.6) is 0 Å². The second-order valence-corrected chi connectivity index (χ2v) is 6.34. The number of rotatable bonds is 3. The molecule has 0 saturated carbocycles. The van der Waals surface area contributed by atoms with Gasteiger partial charge in [0, 0.05) is 5.92 Å². The topological polar surface area (TPSA) is 38.3 Å². The summed E-state index contributed by atoms with van der Waals surface area (Å²) in [4.78, 5) is 12.4. The van der Waals surface area contributed by atoms with Crippen molar-refractivity contribution < 1.29 is 9.53 Å². The molecule has 3 heteroatoms. The van der Waals surface area contributed by atoms with E-state index in [9.17, 15) is 4.79 Å². The van der Waals surface area contributed by atoms with Crippen LogP contribution in [0.25, 0.3) is 0 Å². The van der Waals surface area contributed by atoms with E-state index in [0.29, 0.717) is 11.5 Å². The zero-order valence-corrected chi connectivity index (χ0v) is 13.0. The highest BCUT2D eigenvalue weighted by atomic mass is 16.6. The lowest BCUT2D eigenvalue weighted by Gasteiger charge is -2.36. The van der Waals surface area contributed by atoms with E-state index in [4.69, 9.17) is 4.74 Å². The second-order valence-electron chi connectivity index (χ2n) is 6.34. The van der Waals surface area contributed by atoms with Crippen molar-refractivity contribution in [2.45, 2.75) is 46.1 Å². The minimum absolute atomic E-state index is 0.199. The van der Waals surface area contributed by atoms with Gasteiger partial charge in [0.25, 0.3) is 0 Å². The van der Waals surface area contributed by atoms with Gasteiger partial charge in [0.1, 0.15) is 5.60 Å². The first-order valence-electron chi connectivity index (χ1n) is 7.41. The number of hydrogen-bond donors (Lipinski definition) is 1. The van der Waals surface area contributed by atoms with Crippen LogP contribution in [0.15, 0.2) is 18.2 Å². The van der Waals surface area contributed by atoms with Crippen LogP contribution in [0.3, 0.4) is 0 Å². The van der Waals surface area contributed by atoms with Gasteiger partial charge in [0.05, 0.1) is 5.56 Å². The fraction of sp³-hybridized carbons (Fsp3) is 0.588. The molecule has 0 amide bonds. The average molecular weight is 275 g/mol. The predicted octanol–water partition coefficient (Wildman–Crippen LogP) is 3.24. The van der Waals surface area contributed by atoms with E-state index >= 15 is 0 Å². The predicted molar refractivity (Wildman–Crippen MR) is 81.0 cm³/mol. The summed E-state index contributed by atoms with van der Waals surface area (Å²) in [5.41, 5.74) is 2.34. The molecule has 3 nitrogen and oxygen atoms in total. The Morgan fingerprint density at radius 2 is 1.90 bits per heavy atom. The number of ether oxygens (including phenoxy) is 1. The number of carbonyl (C=O) groups excluding carboxylic acids is 1. The number of hydrogen-bond acceptors (Lipinski definition) is 3. The van der Waals surface area contributed by atoms with E-state index in [-0.39, 0.29) is 5.97 Å². The molecule has 0 aromatic heterocycles. The minimum Gasteiger partial charge on any atom is -0.456 e. The van der Waals surface area contributed by atoms with Crippen LogP contribution in [0.4, 0.5) is 0 Å². The maximum absolute atomic E-state index is 12.4. The first-order chi connectivity index (χ1) is 9.40. The van der Waals surface area contributed by atoms with Crippen molar-refractivity contribution in [2.75, 3.05) is 13.1 Å². The quantitative estimate of drug-likeness (QED) is 0.861. The van der Waals surface area contributed by atoms with E-state index in [1.807, 2.05) is 45.9 Å². The number of esters is 1. The van der Waals surface area contributed by atoms with Crippen molar-refractivity contribution in [3.05, 3.63) is 34.9 Å². The molecule has 0 aliphatic carbocycles. The fourth-order valence-corrected chi connectivity index (χ4v) is 2.85. The van der Waals surface area contributed by atoms with Crippen molar-refractivity contribution in [3.63, 3.8) is 0 Å². The third kappa shape index (κ3) is 3.40. The smallest absolute Gasteiger partial charge is 0.338 e. The van der Waals surface area contributed by atoms with Crippen molar-refractivity contribution in [1.82, 2.24) is 5.32 Å². The molecule has 110 valence electrons. The fourth-order valence-electron chi connectivity index (χ4n) is 2.85. The Balaban J connectivity index is 2.11. The lowest BCUT2D eigenvalue weighted by Crippen LogP contribution is -2.42. The summed E-state index contributed by atoms with van der Waals surface area (Å²) < 4.78 is 5.83. The zero-order valence-electron chi connectivity index (χ0n) is 13.0. The lowest BCUT2D eigenvalue weighted by atomic mass is 9.83. The maximum atomic E-state index is 12.4. The zero-order chi connectivity index (χ0) is 14.8.